The van der Waals surface area contributed by atoms with Gasteiger partial charge in [0.2, 0.25) is 0 Å². The second-order valence-corrected chi connectivity index (χ2v) is 5.07. The maximum atomic E-state index is 12.7. The Morgan fingerprint density at radius 2 is 2.05 bits per heavy atom. The van der Waals surface area contributed by atoms with Gasteiger partial charge >= 0.3 is 12.1 Å². The summed E-state index contributed by atoms with van der Waals surface area (Å²) in [5.41, 5.74) is -1.55. The van der Waals surface area contributed by atoms with E-state index in [-0.39, 0.29) is 22.0 Å². The average molecular weight is 379 g/mol. The molecule has 9 heteroatoms. The molecule has 0 amide bonds. The molecule has 0 fully saturated rings. The van der Waals surface area contributed by atoms with Gasteiger partial charge in [0, 0.05) is 5.39 Å². The van der Waals surface area contributed by atoms with E-state index in [1.165, 1.54) is 0 Å². The Labute approximate surface area is 130 Å². The van der Waals surface area contributed by atoms with E-state index in [0.717, 1.165) is 22.9 Å². The number of halogens is 4. The van der Waals surface area contributed by atoms with Crippen LogP contribution in [0.1, 0.15) is 12.5 Å². The monoisotopic (exact) mass is 378 g/mol. The molecule has 0 saturated heterocycles. The summed E-state index contributed by atoms with van der Waals surface area (Å²) >= 11 is 3.02. The van der Waals surface area contributed by atoms with Crippen molar-refractivity contribution in [2.75, 3.05) is 6.61 Å². The number of ether oxygens (including phenoxy) is 1. The second-order valence-electron chi connectivity index (χ2n) is 4.32. The van der Waals surface area contributed by atoms with Gasteiger partial charge in [-0.2, -0.15) is 18.3 Å². The normalized spacial score (nSPS) is 11.7. The number of hydrogen-bond acceptors (Lipinski definition) is 4. The zero-order valence-electron chi connectivity index (χ0n) is 11.3. The highest BCUT2D eigenvalue weighted by atomic mass is 79.9. The topological polar surface area (TPSA) is 61.2 Å². The summed E-state index contributed by atoms with van der Waals surface area (Å²) in [6.07, 6.45) is -4.52. The highest BCUT2D eigenvalue weighted by molar-refractivity contribution is 9.10. The van der Waals surface area contributed by atoms with Gasteiger partial charge in [0.15, 0.2) is 0 Å². The standard InChI is InChI=1S/C13H10BrF3N2O3/c1-2-22-10(20)6-19-12(21)8-4-3-7(13(15,16)17)5-9(8)11(14)18-19/h3-5H,2,6H2,1H3. The molecule has 0 aliphatic rings. The Morgan fingerprint density at radius 1 is 1.36 bits per heavy atom. The van der Waals surface area contributed by atoms with Crippen LogP contribution in [0.5, 0.6) is 0 Å². The molecule has 2 aromatic rings. The third-order valence-corrected chi connectivity index (χ3v) is 3.41. The van der Waals surface area contributed by atoms with E-state index >= 15 is 0 Å². The number of alkyl halides is 3. The first kappa shape index (κ1) is 16.5. The first-order valence-electron chi connectivity index (χ1n) is 6.17. The van der Waals surface area contributed by atoms with Gasteiger partial charge in [-0.1, -0.05) is 0 Å². The van der Waals surface area contributed by atoms with Crippen molar-refractivity contribution < 1.29 is 22.7 Å². The summed E-state index contributed by atoms with van der Waals surface area (Å²) < 4.78 is 43.7. The van der Waals surface area contributed by atoms with Crippen molar-refractivity contribution in [3.63, 3.8) is 0 Å². The third-order valence-electron chi connectivity index (χ3n) is 2.83. The Balaban J connectivity index is 2.55. The van der Waals surface area contributed by atoms with E-state index in [2.05, 4.69) is 21.0 Å². The SMILES string of the molecule is CCOC(=O)Cn1nc(Br)c2cc(C(F)(F)F)ccc2c1=O. The maximum Gasteiger partial charge on any atom is 0.416 e. The van der Waals surface area contributed by atoms with Crippen LogP contribution in [0.3, 0.4) is 0 Å². The number of nitrogens with zero attached hydrogens (tertiary/aromatic N) is 2. The minimum Gasteiger partial charge on any atom is -0.465 e. The van der Waals surface area contributed by atoms with E-state index in [0.29, 0.717) is 0 Å². The fourth-order valence-corrected chi connectivity index (χ4v) is 2.38. The molecular weight excluding hydrogens is 369 g/mol. The lowest BCUT2D eigenvalue weighted by Crippen LogP contribution is -2.28. The van der Waals surface area contributed by atoms with Crippen molar-refractivity contribution in [1.82, 2.24) is 9.78 Å². The number of fused-ring (bicyclic) bond motifs is 1. The Morgan fingerprint density at radius 3 is 2.64 bits per heavy atom. The second kappa shape index (κ2) is 6.07. The quantitative estimate of drug-likeness (QED) is 0.770. The molecule has 22 heavy (non-hydrogen) atoms. The molecule has 0 radical (unpaired) electrons. The molecule has 0 N–H and O–H groups in total. The lowest BCUT2D eigenvalue weighted by molar-refractivity contribution is -0.144. The third kappa shape index (κ3) is 3.29. The van der Waals surface area contributed by atoms with Gasteiger partial charge in [-0.25, -0.2) is 4.68 Å². The zero-order chi connectivity index (χ0) is 16.5. The molecule has 0 atom stereocenters. The van der Waals surface area contributed by atoms with Crippen LogP contribution in [0.2, 0.25) is 0 Å². The van der Waals surface area contributed by atoms with E-state index in [4.69, 9.17) is 4.74 Å². The van der Waals surface area contributed by atoms with Gasteiger partial charge in [-0.3, -0.25) is 9.59 Å². The highest BCUT2D eigenvalue weighted by Crippen LogP contribution is 2.32. The van der Waals surface area contributed by atoms with E-state index in [9.17, 15) is 22.8 Å². The largest absolute Gasteiger partial charge is 0.465 e. The number of carbonyl (C=O) groups excluding carboxylic acids is 1. The van der Waals surface area contributed by atoms with Gasteiger partial charge in [0.1, 0.15) is 11.1 Å². The molecule has 118 valence electrons. The summed E-state index contributed by atoms with van der Waals surface area (Å²) in [6, 6.07) is 2.71. The van der Waals surface area contributed by atoms with Crippen molar-refractivity contribution in [2.45, 2.75) is 19.6 Å². The fourth-order valence-electron chi connectivity index (χ4n) is 1.86. The Bertz CT molecular complexity index is 786. The van der Waals surface area contributed by atoms with Crippen molar-refractivity contribution >= 4 is 32.7 Å². The van der Waals surface area contributed by atoms with Crippen LogP contribution < -0.4 is 5.56 Å². The van der Waals surface area contributed by atoms with Crippen LogP contribution in [0, 0.1) is 0 Å². The molecule has 0 saturated carbocycles. The van der Waals surface area contributed by atoms with Crippen LogP contribution in [-0.2, 0) is 22.3 Å². The molecule has 0 aliphatic carbocycles. The van der Waals surface area contributed by atoms with Crippen LogP contribution in [-0.4, -0.2) is 22.4 Å². The minimum atomic E-state index is -4.52. The number of carbonyl (C=O) groups is 1. The highest BCUT2D eigenvalue weighted by Gasteiger charge is 2.31. The molecule has 1 heterocycles. The Kier molecular flexibility index (Phi) is 4.55. The summed E-state index contributed by atoms with van der Waals surface area (Å²) in [7, 11) is 0. The molecule has 0 aliphatic heterocycles. The van der Waals surface area contributed by atoms with E-state index in [1.807, 2.05) is 0 Å². The van der Waals surface area contributed by atoms with Crippen LogP contribution in [0.15, 0.2) is 27.6 Å². The summed E-state index contributed by atoms with van der Waals surface area (Å²) in [5.74, 6) is -0.657. The summed E-state index contributed by atoms with van der Waals surface area (Å²) in [6.45, 7) is 1.35. The van der Waals surface area contributed by atoms with Crippen molar-refractivity contribution in [1.29, 1.82) is 0 Å². The molecule has 0 unspecified atom stereocenters. The Hall–Kier alpha value is -1.90. The smallest absolute Gasteiger partial charge is 0.416 e. The number of aromatic nitrogens is 2. The van der Waals surface area contributed by atoms with Crippen LogP contribution >= 0.6 is 15.9 Å². The van der Waals surface area contributed by atoms with Crippen molar-refractivity contribution in [2.24, 2.45) is 0 Å². The fraction of sp³-hybridized carbons (Fsp3) is 0.308. The zero-order valence-corrected chi connectivity index (χ0v) is 12.9. The molecular formula is C13H10BrF3N2O3. The maximum absolute atomic E-state index is 12.7. The molecule has 1 aromatic carbocycles. The van der Waals surface area contributed by atoms with Crippen molar-refractivity contribution in [3.8, 4) is 0 Å². The van der Waals surface area contributed by atoms with Gasteiger partial charge in [-0.15, -0.1) is 0 Å². The molecule has 5 nitrogen and oxygen atoms in total. The summed E-state index contributed by atoms with van der Waals surface area (Å²) in [4.78, 5) is 23.6. The molecule has 1 aromatic heterocycles. The minimum absolute atomic E-state index is 0.0270. The lowest BCUT2D eigenvalue weighted by atomic mass is 10.1. The van der Waals surface area contributed by atoms with E-state index < -0.39 is 29.8 Å². The lowest BCUT2D eigenvalue weighted by Gasteiger charge is -2.10. The number of rotatable bonds is 3. The predicted molar refractivity (Wildman–Crippen MR) is 75.3 cm³/mol. The van der Waals surface area contributed by atoms with Gasteiger partial charge in [0.25, 0.3) is 5.56 Å². The predicted octanol–water partition coefficient (Wildman–Crippen LogP) is 2.74. The van der Waals surface area contributed by atoms with E-state index in [1.54, 1.807) is 6.92 Å². The average Bonchev–Trinajstić information content (AvgIpc) is 2.43. The van der Waals surface area contributed by atoms with Crippen LogP contribution in [0.4, 0.5) is 13.2 Å². The van der Waals surface area contributed by atoms with Gasteiger partial charge < -0.3 is 4.74 Å². The molecule has 2 rings (SSSR count). The molecule has 0 bridgehead atoms. The summed E-state index contributed by atoms with van der Waals surface area (Å²) in [5, 5.41) is 3.85. The number of benzene rings is 1. The van der Waals surface area contributed by atoms with Gasteiger partial charge in [-0.05, 0) is 41.1 Å². The van der Waals surface area contributed by atoms with Crippen molar-refractivity contribution in [3.05, 3.63) is 38.7 Å². The van der Waals surface area contributed by atoms with Gasteiger partial charge in [0.05, 0.1) is 17.6 Å². The number of esters is 1. The number of hydrogen-bond donors (Lipinski definition) is 0. The first-order valence-corrected chi connectivity index (χ1v) is 6.96. The van der Waals surface area contributed by atoms with Crippen LogP contribution in [0.25, 0.3) is 10.8 Å². The first-order chi connectivity index (χ1) is 10.2. The molecule has 0 spiro atoms.